The first-order chi connectivity index (χ1) is 15.4. The van der Waals surface area contributed by atoms with Crippen LogP contribution < -0.4 is 0 Å². The molecule has 6 rings (SSSR count). The number of aromatic nitrogens is 2. The predicted molar refractivity (Wildman–Crippen MR) is 124 cm³/mol. The fourth-order valence-corrected chi connectivity index (χ4v) is 6.85. The van der Waals surface area contributed by atoms with E-state index in [-0.39, 0.29) is 5.41 Å². The number of nitrogens with zero attached hydrogens (tertiary/aromatic N) is 2. The van der Waals surface area contributed by atoms with Gasteiger partial charge < -0.3 is 15.3 Å². The number of aliphatic hydroxyl groups is 3. The molecular weight excluding hydrogens is 400 g/mol. The first-order valence-electron chi connectivity index (χ1n) is 11.8. The van der Waals surface area contributed by atoms with Crippen molar-refractivity contribution >= 4 is 16.5 Å². The van der Waals surface area contributed by atoms with Gasteiger partial charge in [-0.2, -0.15) is 0 Å². The molecule has 1 saturated carbocycles. The summed E-state index contributed by atoms with van der Waals surface area (Å²) in [6.45, 7) is 2.29. The molecule has 3 N–H and O–H groups in total. The number of benzene rings is 1. The summed E-state index contributed by atoms with van der Waals surface area (Å²) in [5, 5.41) is 33.9. The lowest BCUT2D eigenvalue weighted by atomic mass is 9.61. The zero-order valence-corrected chi connectivity index (χ0v) is 18.5. The predicted octanol–water partition coefficient (Wildman–Crippen LogP) is 4.10. The number of hydrogen-bond donors (Lipinski definition) is 3. The van der Waals surface area contributed by atoms with Crippen LogP contribution in [0.3, 0.4) is 0 Å². The number of aliphatic hydroxyl groups excluding tert-OH is 2. The summed E-state index contributed by atoms with van der Waals surface area (Å²) in [6.07, 6.45) is 11.7. The Kier molecular flexibility index (Phi) is 4.49. The van der Waals surface area contributed by atoms with E-state index in [4.69, 9.17) is 0 Å². The van der Waals surface area contributed by atoms with Crippen molar-refractivity contribution < 1.29 is 15.3 Å². The van der Waals surface area contributed by atoms with Gasteiger partial charge in [-0.25, -0.2) is 9.97 Å². The van der Waals surface area contributed by atoms with E-state index in [9.17, 15) is 15.3 Å². The summed E-state index contributed by atoms with van der Waals surface area (Å²) in [4.78, 5) is 8.52. The highest BCUT2D eigenvalue weighted by atomic mass is 16.3. The van der Waals surface area contributed by atoms with Crippen molar-refractivity contribution in [3.05, 3.63) is 65.2 Å². The van der Waals surface area contributed by atoms with Gasteiger partial charge in [-0.15, -0.1) is 0 Å². The molecule has 1 fully saturated rings. The molecule has 5 heteroatoms. The van der Waals surface area contributed by atoms with Crippen LogP contribution in [0.25, 0.3) is 16.5 Å². The van der Waals surface area contributed by atoms with Crippen LogP contribution in [0.2, 0.25) is 0 Å². The Labute approximate surface area is 188 Å². The second kappa shape index (κ2) is 7.08. The largest absolute Gasteiger partial charge is 0.393 e. The van der Waals surface area contributed by atoms with Gasteiger partial charge in [-0.05, 0) is 85.3 Å². The third kappa shape index (κ3) is 2.95. The Morgan fingerprint density at radius 2 is 2.03 bits per heavy atom. The van der Waals surface area contributed by atoms with Crippen molar-refractivity contribution in [3.8, 4) is 0 Å². The Bertz CT molecular complexity index is 1200. The topological polar surface area (TPSA) is 86.5 Å². The molecule has 0 saturated heterocycles. The molecule has 32 heavy (non-hydrogen) atoms. The number of hydrogen-bond acceptors (Lipinski definition) is 5. The van der Waals surface area contributed by atoms with Crippen LogP contribution in [0.4, 0.5) is 0 Å². The molecule has 0 spiro atoms. The Morgan fingerprint density at radius 1 is 1.16 bits per heavy atom. The molecule has 1 aromatic carbocycles. The van der Waals surface area contributed by atoms with E-state index in [1.165, 1.54) is 16.7 Å². The van der Waals surface area contributed by atoms with Crippen molar-refractivity contribution in [1.82, 2.24) is 9.97 Å². The maximum Gasteiger partial charge on any atom is 0.116 e. The second-order valence-electron chi connectivity index (χ2n) is 10.4. The highest BCUT2D eigenvalue weighted by Gasteiger charge is 2.50. The summed E-state index contributed by atoms with van der Waals surface area (Å²) in [6, 6.07) is 6.35. The SMILES string of the molecule is CC12CC(O)C3=C(CC[C@@]4(O)CCC(O)CC4=C3)C1CC=C2c1ccc2ncncc2c1. The van der Waals surface area contributed by atoms with E-state index < -0.39 is 17.8 Å². The van der Waals surface area contributed by atoms with E-state index in [0.717, 1.165) is 34.9 Å². The van der Waals surface area contributed by atoms with Crippen LogP contribution >= 0.6 is 0 Å². The minimum Gasteiger partial charge on any atom is -0.393 e. The quantitative estimate of drug-likeness (QED) is 0.634. The highest BCUT2D eigenvalue weighted by molar-refractivity contribution is 5.84. The van der Waals surface area contributed by atoms with Crippen LogP contribution in [0.1, 0.15) is 57.4 Å². The molecule has 1 aromatic heterocycles. The van der Waals surface area contributed by atoms with Gasteiger partial charge in [0.25, 0.3) is 0 Å². The smallest absolute Gasteiger partial charge is 0.116 e. The minimum atomic E-state index is -0.847. The molecule has 0 aliphatic heterocycles. The monoisotopic (exact) mass is 430 g/mol. The molecule has 1 heterocycles. The van der Waals surface area contributed by atoms with Gasteiger partial charge in [-0.3, -0.25) is 0 Å². The van der Waals surface area contributed by atoms with Crippen molar-refractivity contribution in [3.63, 3.8) is 0 Å². The molecular formula is C27H30N2O3. The molecule has 4 unspecified atom stereocenters. The van der Waals surface area contributed by atoms with Crippen LogP contribution in [0, 0.1) is 11.3 Å². The van der Waals surface area contributed by atoms with E-state index in [0.29, 0.717) is 38.0 Å². The summed E-state index contributed by atoms with van der Waals surface area (Å²) in [5.41, 5.74) is 5.60. The lowest BCUT2D eigenvalue weighted by Gasteiger charge is -2.43. The van der Waals surface area contributed by atoms with Gasteiger partial charge in [0.2, 0.25) is 0 Å². The maximum atomic E-state index is 11.3. The van der Waals surface area contributed by atoms with E-state index in [1.54, 1.807) is 6.33 Å². The Morgan fingerprint density at radius 3 is 2.91 bits per heavy atom. The van der Waals surface area contributed by atoms with E-state index in [2.05, 4.69) is 41.2 Å². The minimum absolute atomic E-state index is 0.155. The molecule has 0 radical (unpaired) electrons. The fourth-order valence-electron chi connectivity index (χ4n) is 6.85. The molecule has 2 aromatic rings. The molecule has 5 atom stereocenters. The Hall–Kier alpha value is -2.34. The van der Waals surface area contributed by atoms with Crippen LogP contribution in [0.5, 0.6) is 0 Å². The lowest BCUT2D eigenvalue weighted by Crippen LogP contribution is -2.38. The van der Waals surface area contributed by atoms with Crippen LogP contribution in [-0.2, 0) is 0 Å². The second-order valence-corrected chi connectivity index (χ2v) is 10.4. The van der Waals surface area contributed by atoms with Gasteiger partial charge in [0.1, 0.15) is 6.33 Å². The third-order valence-corrected chi connectivity index (χ3v) is 8.61. The normalized spacial score (nSPS) is 36.7. The molecule has 166 valence electrons. The van der Waals surface area contributed by atoms with Crippen molar-refractivity contribution in [2.24, 2.45) is 11.3 Å². The van der Waals surface area contributed by atoms with Gasteiger partial charge >= 0.3 is 0 Å². The lowest BCUT2D eigenvalue weighted by molar-refractivity contribution is 0.00863. The molecule has 0 amide bonds. The average molecular weight is 431 g/mol. The van der Waals surface area contributed by atoms with Gasteiger partial charge in [-0.1, -0.05) is 30.7 Å². The van der Waals surface area contributed by atoms with Crippen LogP contribution in [-0.4, -0.2) is 43.1 Å². The number of rotatable bonds is 1. The summed E-state index contributed by atoms with van der Waals surface area (Å²) in [5.74, 6) is 0.323. The molecule has 4 aliphatic carbocycles. The molecule has 5 nitrogen and oxygen atoms in total. The van der Waals surface area contributed by atoms with Crippen LogP contribution in [0.15, 0.2) is 59.6 Å². The fraction of sp³-hybridized carbons (Fsp3) is 0.481. The van der Waals surface area contributed by atoms with Crippen molar-refractivity contribution in [2.45, 2.75) is 69.7 Å². The third-order valence-electron chi connectivity index (χ3n) is 8.61. The first kappa shape index (κ1) is 20.3. The summed E-state index contributed by atoms with van der Waals surface area (Å²) < 4.78 is 0. The van der Waals surface area contributed by atoms with Gasteiger partial charge in [0.15, 0.2) is 0 Å². The summed E-state index contributed by atoms with van der Waals surface area (Å²) in [7, 11) is 0. The highest BCUT2D eigenvalue weighted by Crippen LogP contribution is 2.60. The standard InChI is InChI=1S/C27H30N2O3/c1-26-13-25(31)21-12-18-11-19(30)6-8-27(18,32)9-7-20(21)23(26)4-3-22(26)16-2-5-24-17(10-16)14-28-15-29-24/h2-3,5,10,12,14-15,19,23,25,30-32H,4,6-9,11,13H2,1H3/t19?,23?,25?,26?,27-/m0/s1. The van der Waals surface area contributed by atoms with E-state index >= 15 is 0 Å². The zero-order valence-electron chi connectivity index (χ0n) is 18.5. The van der Waals surface area contributed by atoms with Gasteiger partial charge in [0.05, 0.1) is 23.3 Å². The molecule has 0 bridgehead atoms. The first-order valence-corrected chi connectivity index (χ1v) is 11.8. The van der Waals surface area contributed by atoms with Gasteiger partial charge in [0, 0.05) is 17.0 Å². The van der Waals surface area contributed by atoms with Crippen molar-refractivity contribution in [2.75, 3.05) is 0 Å². The number of fused-ring (bicyclic) bond motifs is 4. The van der Waals surface area contributed by atoms with E-state index in [1.807, 2.05) is 12.3 Å². The molecule has 4 aliphatic rings. The zero-order chi connectivity index (χ0) is 22.1. The number of allylic oxidation sites excluding steroid dienone is 3. The Balaban J connectivity index is 1.39. The maximum absolute atomic E-state index is 11.3. The van der Waals surface area contributed by atoms with Crippen molar-refractivity contribution in [1.29, 1.82) is 0 Å². The average Bonchev–Trinajstić information content (AvgIpc) is 3.03. The summed E-state index contributed by atoms with van der Waals surface area (Å²) >= 11 is 0.